The Balaban J connectivity index is 1.56. The zero-order chi connectivity index (χ0) is 24.5. The van der Waals surface area contributed by atoms with Gasteiger partial charge in [0.15, 0.2) is 0 Å². The van der Waals surface area contributed by atoms with E-state index < -0.39 is 17.6 Å². The third-order valence-corrected chi connectivity index (χ3v) is 5.86. The molecule has 0 saturated heterocycles. The van der Waals surface area contributed by atoms with Crippen LogP contribution < -0.4 is 15.4 Å². The maximum absolute atomic E-state index is 13.2. The largest absolute Gasteiger partial charge is 0.496 e. The van der Waals surface area contributed by atoms with Crippen LogP contribution >= 0.6 is 23.2 Å². The van der Waals surface area contributed by atoms with Gasteiger partial charge in [-0.3, -0.25) is 4.79 Å². The molecule has 3 aromatic carbocycles. The SMILES string of the molecule is COc1cc2c(cc1C(=O)NCc1ccccc1C(F)(F)F)CC(=Nc1c(Cl)cccc1Cl)N2. The third-order valence-electron chi connectivity index (χ3n) is 5.25. The van der Waals surface area contributed by atoms with Crippen LogP contribution in [0.4, 0.5) is 24.5 Å². The van der Waals surface area contributed by atoms with Gasteiger partial charge in [0.1, 0.15) is 17.3 Å². The molecular weight excluding hydrogens is 490 g/mol. The summed E-state index contributed by atoms with van der Waals surface area (Å²) in [4.78, 5) is 17.4. The Morgan fingerprint density at radius 1 is 1.12 bits per heavy atom. The number of nitrogens with one attached hydrogen (secondary N) is 2. The number of para-hydroxylation sites is 1. The molecule has 176 valence electrons. The lowest BCUT2D eigenvalue weighted by Crippen LogP contribution is -2.25. The van der Waals surface area contributed by atoms with Crippen molar-refractivity contribution in [2.45, 2.75) is 19.1 Å². The van der Waals surface area contributed by atoms with E-state index in [2.05, 4.69) is 15.6 Å². The van der Waals surface area contributed by atoms with Crippen LogP contribution in [-0.2, 0) is 19.1 Å². The number of nitrogens with zero attached hydrogens (tertiary/aromatic N) is 1. The van der Waals surface area contributed by atoms with E-state index in [9.17, 15) is 18.0 Å². The number of halogens is 5. The van der Waals surface area contributed by atoms with Crippen LogP contribution in [0.1, 0.15) is 27.0 Å². The van der Waals surface area contributed by atoms with E-state index in [1.54, 1.807) is 30.3 Å². The first kappa shape index (κ1) is 23.9. The number of methoxy groups -OCH3 is 1. The summed E-state index contributed by atoms with van der Waals surface area (Å²) < 4.78 is 45.1. The maximum atomic E-state index is 13.2. The fraction of sp³-hybridized carbons (Fsp3) is 0.167. The lowest BCUT2D eigenvalue weighted by Gasteiger charge is -2.14. The molecule has 1 heterocycles. The van der Waals surface area contributed by atoms with Crippen LogP contribution in [0.5, 0.6) is 5.75 Å². The highest BCUT2D eigenvalue weighted by atomic mass is 35.5. The molecule has 0 unspecified atom stereocenters. The Hall–Kier alpha value is -3.23. The molecule has 0 aromatic heterocycles. The molecule has 0 spiro atoms. The van der Waals surface area contributed by atoms with Gasteiger partial charge in [-0.15, -0.1) is 0 Å². The minimum atomic E-state index is -4.52. The van der Waals surface area contributed by atoms with Gasteiger partial charge in [0.05, 0.1) is 28.3 Å². The predicted molar refractivity (Wildman–Crippen MR) is 126 cm³/mol. The number of ether oxygens (including phenoxy) is 1. The second-order valence-electron chi connectivity index (χ2n) is 7.48. The van der Waals surface area contributed by atoms with Gasteiger partial charge < -0.3 is 15.4 Å². The topological polar surface area (TPSA) is 62.7 Å². The van der Waals surface area contributed by atoms with Crippen LogP contribution in [0.25, 0.3) is 0 Å². The summed E-state index contributed by atoms with van der Waals surface area (Å²) in [6.07, 6.45) is -4.14. The zero-order valence-corrected chi connectivity index (χ0v) is 19.3. The fourth-order valence-corrected chi connectivity index (χ4v) is 4.12. The summed E-state index contributed by atoms with van der Waals surface area (Å²) in [5.74, 6) is 0.282. The van der Waals surface area contributed by atoms with Gasteiger partial charge >= 0.3 is 6.18 Å². The molecule has 0 atom stereocenters. The first-order valence-corrected chi connectivity index (χ1v) is 10.9. The highest BCUT2D eigenvalue weighted by Gasteiger charge is 2.33. The number of amidine groups is 1. The Labute approximate surface area is 203 Å². The number of carbonyl (C=O) groups excluding carboxylic acids is 1. The van der Waals surface area contributed by atoms with Gasteiger partial charge in [-0.25, -0.2) is 4.99 Å². The summed E-state index contributed by atoms with van der Waals surface area (Å²) in [5.41, 5.74) is 1.26. The molecule has 0 fully saturated rings. The van der Waals surface area contributed by atoms with E-state index >= 15 is 0 Å². The maximum Gasteiger partial charge on any atom is 0.416 e. The number of hydrogen-bond donors (Lipinski definition) is 2. The standard InChI is InChI=1S/C24H18Cl2F3N3O2/c1-34-20-11-19-14(10-21(31-19)32-22-17(25)7-4-8-18(22)26)9-15(20)23(33)30-12-13-5-2-3-6-16(13)24(27,28)29/h2-9,11H,10,12H2,1H3,(H,30,33)(H,31,32). The van der Waals surface area contributed by atoms with Crippen molar-refractivity contribution in [1.29, 1.82) is 0 Å². The Kier molecular flexibility index (Phi) is 6.72. The molecule has 0 aliphatic carbocycles. The van der Waals surface area contributed by atoms with Gasteiger partial charge in [-0.05, 0) is 35.4 Å². The quantitative estimate of drug-likeness (QED) is 0.406. The molecule has 4 rings (SSSR count). The summed E-state index contributed by atoms with van der Waals surface area (Å²) in [5, 5.41) is 6.51. The number of amides is 1. The first-order valence-electron chi connectivity index (χ1n) is 10.1. The van der Waals surface area contributed by atoms with Gasteiger partial charge in [0.2, 0.25) is 0 Å². The van der Waals surface area contributed by atoms with Crippen LogP contribution in [0.3, 0.4) is 0 Å². The Bertz CT molecular complexity index is 1270. The smallest absolute Gasteiger partial charge is 0.416 e. The van der Waals surface area contributed by atoms with Crippen molar-refractivity contribution in [3.63, 3.8) is 0 Å². The minimum Gasteiger partial charge on any atom is -0.496 e. The number of fused-ring (bicyclic) bond motifs is 1. The van der Waals surface area contributed by atoms with Crippen molar-refractivity contribution in [3.05, 3.63) is 86.9 Å². The van der Waals surface area contributed by atoms with Gasteiger partial charge in [-0.2, -0.15) is 13.2 Å². The van der Waals surface area contributed by atoms with Crippen molar-refractivity contribution in [3.8, 4) is 5.75 Å². The van der Waals surface area contributed by atoms with E-state index in [4.69, 9.17) is 27.9 Å². The molecule has 34 heavy (non-hydrogen) atoms. The number of anilines is 1. The lowest BCUT2D eigenvalue weighted by atomic mass is 10.0. The highest BCUT2D eigenvalue weighted by molar-refractivity contribution is 6.39. The Morgan fingerprint density at radius 3 is 2.50 bits per heavy atom. The average molecular weight is 508 g/mol. The number of alkyl halides is 3. The van der Waals surface area contributed by atoms with E-state index in [1.165, 1.54) is 25.3 Å². The van der Waals surface area contributed by atoms with Crippen molar-refractivity contribution < 1.29 is 22.7 Å². The van der Waals surface area contributed by atoms with E-state index in [1.807, 2.05) is 0 Å². The normalized spacial score (nSPS) is 14.0. The monoisotopic (exact) mass is 507 g/mol. The van der Waals surface area contributed by atoms with Crippen molar-refractivity contribution in [2.24, 2.45) is 4.99 Å². The van der Waals surface area contributed by atoms with Gasteiger partial charge in [0, 0.05) is 24.7 Å². The Morgan fingerprint density at radius 2 is 1.82 bits per heavy atom. The van der Waals surface area contributed by atoms with E-state index in [0.29, 0.717) is 33.7 Å². The summed E-state index contributed by atoms with van der Waals surface area (Å²) in [6, 6.07) is 13.4. The third kappa shape index (κ3) is 4.98. The summed E-state index contributed by atoms with van der Waals surface area (Å²) >= 11 is 12.4. The molecule has 0 bridgehead atoms. The van der Waals surface area contributed by atoms with Crippen LogP contribution in [0.15, 0.2) is 59.6 Å². The first-order chi connectivity index (χ1) is 16.2. The molecule has 10 heteroatoms. The van der Waals surface area contributed by atoms with Crippen molar-refractivity contribution >= 4 is 46.3 Å². The molecule has 5 nitrogen and oxygen atoms in total. The minimum absolute atomic E-state index is 0.0313. The number of carbonyl (C=O) groups is 1. The highest BCUT2D eigenvalue weighted by Crippen LogP contribution is 2.36. The molecule has 0 saturated carbocycles. The number of aliphatic imine (C=N–C) groups is 1. The van der Waals surface area contributed by atoms with Crippen LogP contribution in [0, 0.1) is 0 Å². The fourth-order valence-electron chi connectivity index (χ4n) is 3.63. The average Bonchev–Trinajstić information content (AvgIpc) is 3.20. The van der Waals surface area contributed by atoms with Crippen molar-refractivity contribution in [1.82, 2.24) is 5.32 Å². The van der Waals surface area contributed by atoms with E-state index in [0.717, 1.165) is 11.6 Å². The second kappa shape index (κ2) is 9.56. The molecule has 2 N–H and O–H groups in total. The molecular formula is C24H18Cl2F3N3O2. The summed E-state index contributed by atoms with van der Waals surface area (Å²) in [7, 11) is 1.41. The van der Waals surface area contributed by atoms with Crippen molar-refractivity contribution in [2.75, 3.05) is 12.4 Å². The number of hydrogen-bond acceptors (Lipinski definition) is 3. The van der Waals surface area contributed by atoms with Crippen LogP contribution in [-0.4, -0.2) is 18.9 Å². The zero-order valence-electron chi connectivity index (χ0n) is 17.8. The molecule has 1 amide bonds. The summed E-state index contributed by atoms with van der Waals surface area (Å²) in [6.45, 7) is -0.287. The molecule has 1 aliphatic rings. The van der Waals surface area contributed by atoms with Crippen LogP contribution in [0.2, 0.25) is 10.0 Å². The van der Waals surface area contributed by atoms with E-state index in [-0.39, 0.29) is 23.4 Å². The van der Waals surface area contributed by atoms with Gasteiger partial charge in [-0.1, -0.05) is 47.5 Å². The molecule has 1 aliphatic heterocycles. The number of rotatable bonds is 5. The predicted octanol–water partition coefficient (Wildman–Crippen LogP) is 6.65. The van der Waals surface area contributed by atoms with Gasteiger partial charge in [0.25, 0.3) is 5.91 Å². The lowest BCUT2D eigenvalue weighted by molar-refractivity contribution is -0.138. The molecule has 3 aromatic rings. The number of benzene rings is 3. The molecule has 0 radical (unpaired) electrons. The second-order valence-corrected chi connectivity index (χ2v) is 8.29.